The standard InChI is InChI=1S/C17H18BrFN2O2/c1-3-5-16-20-14(4-2)17(15(23)10-22)21(16)9-11-6-7-12(18)8-13(11)19/h6-8,10H,3-5,9H2,1-2H3. The van der Waals surface area contributed by atoms with E-state index >= 15 is 0 Å². The fourth-order valence-corrected chi connectivity index (χ4v) is 2.87. The third-order valence-electron chi connectivity index (χ3n) is 3.61. The second-order valence-corrected chi connectivity index (χ2v) is 6.15. The van der Waals surface area contributed by atoms with Crippen LogP contribution in [0.25, 0.3) is 0 Å². The Bertz CT molecular complexity index is 740. The van der Waals surface area contributed by atoms with E-state index in [4.69, 9.17) is 0 Å². The zero-order valence-corrected chi connectivity index (χ0v) is 14.7. The van der Waals surface area contributed by atoms with Crippen LogP contribution in [0.4, 0.5) is 4.39 Å². The van der Waals surface area contributed by atoms with Crippen molar-refractivity contribution in [3.8, 4) is 0 Å². The minimum Gasteiger partial charge on any atom is -0.320 e. The van der Waals surface area contributed by atoms with Gasteiger partial charge >= 0.3 is 0 Å². The zero-order valence-electron chi connectivity index (χ0n) is 13.1. The lowest BCUT2D eigenvalue weighted by atomic mass is 10.1. The number of rotatable bonds is 7. The summed E-state index contributed by atoms with van der Waals surface area (Å²) in [4.78, 5) is 27.5. The molecule has 0 saturated carbocycles. The number of ketones is 1. The fraction of sp³-hybridized carbons (Fsp3) is 0.353. The van der Waals surface area contributed by atoms with Crippen molar-refractivity contribution in [2.24, 2.45) is 0 Å². The van der Waals surface area contributed by atoms with Gasteiger partial charge in [0.15, 0.2) is 6.29 Å². The van der Waals surface area contributed by atoms with Crippen LogP contribution in [-0.2, 0) is 24.2 Å². The van der Waals surface area contributed by atoms with E-state index in [1.165, 1.54) is 6.07 Å². The summed E-state index contributed by atoms with van der Waals surface area (Å²) in [5, 5.41) is 0. The number of aromatic nitrogens is 2. The van der Waals surface area contributed by atoms with Crippen LogP contribution in [-0.4, -0.2) is 21.6 Å². The second kappa shape index (κ2) is 7.64. The van der Waals surface area contributed by atoms with Gasteiger partial charge in [0, 0.05) is 16.5 Å². The van der Waals surface area contributed by atoms with Gasteiger partial charge in [0.2, 0.25) is 5.78 Å². The van der Waals surface area contributed by atoms with Crippen LogP contribution in [0.2, 0.25) is 0 Å². The number of halogens is 2. The molecule has 0 saturated heterocycles. The predicted molar refractivity (Wildman–Crippen MR) is 89.2 cm³/mol. The maximum atomic E-state index is 14.1. The molecule has 0 atom stereocenters. The first-order chi connectivity index (χ1) is 11.0. The molecule has 6 heteroatoms. The number of nitrogens with zero attached hydrogens (tertiary/aromatic N) is 2. The average molecular weight is 381 g/mol. The number of hydrogen-bond acceptors (Lipinski definition) is 3. The molecule has 2 aromatic rings. The molecule has 23 heavy (non-hydrogen) atoms. The molecule has 1 aromatic carbocycles. The number of imidazole rings is 1. The lowest BCUT2D eigenvalue weighted by molar-refractivity contribution is -0.104. The summed E-state index contributed by atoms with van der Waals surface area (Å²) in [6.07, 6.45) is 2.34. The summed E-state index contributed by atoms with van der Waals surface area (Å²) in [6.45, 7) is 4.06. The molecule has 1 heterocycles. The zero-order chi connectivity index (χ0) is 17.0. The molecule has 0 bridgehead atoms. The van der Waals surface area contributed by atoms with Gasteiger partial charge in [-0.1, -0.05) is 35.8 Å². The summed E-state index contributed by atoms with van der Waals surface area (Å²) in [5.41, 5.74) is 1.31. The Labute approximate surface area is 142 Å². The Morgan fingerprint density at radius 2 is 2.13 bits per heavy atom. The summed E-state index contributed by atoms with van der Waals surface area (Å²) in [6, 6.07) is 4.79. The maximum Gasteiger partial charge on any atom is 0.243 e. The highest BCUT2D eigenvalue weighted by Gasteiger charge is 2.22. The van der Waals surface area contributed by atoms with Crippen LogP contribution in [0.15, 0.2) is 22.7 Å². The van der Waals surface area contributed by atoms with Gasteiger partial charge < -0.3 is 4.57 Å². The van der Waals surface area contributed by atoms with Crippen LogP contribution in [0.1, 0.15) is 47.8 Å². The Hall–Kier alpha value is -1.82. The maximum absolute atomic E-state index is 14.1. The number of hydrogen-bond donors (Lipinski definition) is 0. The molecule has 2 rings (SSSR count). The molecule has 0 fully saturated rings. The van der Waals surface area contributed by atoms with Gasteiger partial charge in [-0.3, -0.25) is 9.59 Å². The van der Waals surface area contributed by atoms with Crippen molar-refractivity contribution in [2.45, 2.75) is 39.7 Å². The minimum atomic E-state index is -0.616. The highest BCUT2D eigenvalue weighted by molar-refractivity contribution is 9.10. The first kappa shape index (κ1) is 17.5. The molecular weight excluding hydrogens is 363 g/mol. The van der Waals surface area contributed by atoms with E-state index in [2.05, 4.69) is 20.9 Å². The Balaban J connectivity index is 2.55. The average Bonchev–Trinajstić information content (AvgIpc) is 2.87. The second-order valence-electron chi connectivity index (χ2n) is 5.23. The van der Waals surface area contributed by atoms with Crippen molar-refractivity contribution in [1.82, 2.24) is 9.55 Å². The largest absolute Gasteiger partial charge is 0.320 e. The third-order valence-corrected chi connectivity index (χ3v) is 4.10. The highest BCUT2D eigenvalue weighted by Crippen LogP contribution is 2.21. The molecule has 0 aliphatic carbocycles. The highest BCUT2D eigenvalue weighted by atomic mass is 79.9. The van der Waals surface area contributed by atoms with E-state index in [1.54, 1.807) is 16.7 Å². The van der Waals surface area contributed by atoms with Gasteiger partial charge in [-0.2, -0.15) is 0 Å². The molecular formula is C17H18BrFN2O2. The number of aryl methyl sites for hydroxylation is 2. The molecule has 0 amide bonds. The van der Waals surface area contributed by atoms with E-state index in [1.807, 2.05) is 13.8 Å². The number of carbonyl (C=O) groups is 2. The molecule has 4 nitrogen and oxygen atoms in total. The van der Waals surface area contributed by atoms with Gasteiger partial charge in [-0.05, 0) is 25.0 Å². The van der Waals surface area contributed by atoms with Crippen molar-refractivity contribution in [3.63, 3.8) is 0 Å². The van der Waals surface area contributed by atoms with Gasteiger partial charge in [0.25, 0.3) is 0 Å². The van der Waals surface area contributed by atoms with Gasteiger partial charge in [0.05, 0.1) is 12.2 Å². The molecule has 1 aromatic heterocycles. The first-order valence-corrected chi connectivity index (χ1v) is 8.32. The van der Waals surface area contributed by atoms with E-state index < -0.39 is 5.78 Å². The SMILES string of the molecule is CCCc1nc(CC)c(C(=O)C=O)n1Cc1ccc(Br)cc1F. The number of benzene rings is 1. The van der Waals surface area contributed by atoms with Crippen LogP contribution in [0.5, 0.6) is 0 Å². The van der Waals surface area contributed by atoms with Crippen molar-refractivity contribution in [3.05, 3.63) is 51.3 Å². The molecule has 0 aliphatic rings. The molecule has 0 N–H and O–H groups in total. The van der Waals surface area contributed by atoms with Crippen molar-refractivity contribution in [2.75, 3.05) is 0 Å². The lowest BCUT2D eigenvalue weighted by Gasteiger charge is -2.11. The van der Waals surface area contributed by atoms with E-state index in [9.17, 15) is 14.0 Å². The van der Waals surface area contributed by atoms with Crippen molar-refractivity contribution < 1.29 is 14.0 Å². The summed E-state index contributed by atoms with van der Waals surface area (Å²) in [7, 11) is 0. The first-order valence-electron chi connectivity index (χ1n) is 7.53. The van der Waals surface area contributed by atoms with Gasteiger partial charge in [-0.25, -0.2) is 9.37 Å². The number of Topliss-reactive ketones (excluding diaryl/α,β-unsaturated/α-hetero) is 1. The van der Waals surface area contributed by atoms with E-state index in [0.29, 0.717) is 40.7 Å². The number of aldehydes is 1. The Kier molecular flexibility index (Phi) is 5.82. The fourth-order valence-electron chi connectivity index (χ4n) is 2.54. The predicted octanol–water partition coefficient (Wildman–Crippen LogP) is 3.73. The summed E-state index contributed by atoms with van der Waals surface area (Å²) < 4.78 is 16.5. The molecule has 122 valence electrons. The lowest BCUT2D eigenvalue weighted by Crippen LogP contribution is -2.15. The molecule has 0 spiro atoms. The Morgan fingerprint density at radius 1 is 1.39 bits per heavy atom. The summed E-state index contributed by atoms with van der Waals surface area (Å²) >= 11 is 3.23. The van der Waals surface area contributed by atoms with Crippen LogP contribution in [0, 0.1) is 5.82 Å². The normalized spacial score (nSPS) is 10.8. The molecule has 0 radical (unpaired) electrons. The van der Waals surface area contributed by atoms with Crippen LogP contribution in [0.3, 0.4) is 0 Å². The molecule has 0 aliphatic heterocycles. The van der Waals surface area contributed by atoms with Gasteiger partial charge in [-0.15, -0.1) is 0 Å². The topological polar surface area (TPSA) is 52.0 Å². The molecule has 0 unspecified atom stereocenters. The monoisotopic (exact) mass is 380 g/mol. The number of carbonyl (C=O) groups excluding carboxylic acids is 2. The minimum absolute atomic E-state index is 0.177. The Morgan fingerprint density at radius 3 is 2.70 bits per heavy atom. The summed E-state index contributed by atoms with van der Waals surface area (Å²) in [5.74, 6) is -0.274. The van der Waals surface area contributed by atoms with Crippen LogP contribution < -0.4 is 0 Å². The van der Waals surface area contributed by atoms with Crippen molar-refractivity contribution >= 4 is 28.0 Å². The van der Waals surface area contributed by atoms with E-state index in [0.717, 1.165) is 6.42 Å². The quantitative estimate of drug-likeness (QED) is 0.417. The third kappa shape index (κ3) is 3.75. The van der Waals surface area contributed by atoms with E-state index in [-0.39, 0.29) is 18.1 Å². The van der Waals surface area contributed by atoms with Crippen LogP contribution >= 0.6 is 15.9 Å². The van der Waals surface area contributed by atoms with Crippen molar-refractivity contribution in [1.29, 1.82) is 0 Å². The smallest absolute Gasteiger partial charge is 0.243 e. The van der Waals surface area contributed by atoms with Gasteiger partial charge in [0.1, 0.15) is 17.3 Å².